The van der Waals surface area contributed by atoms with Gasteiger partial charge in [0.15, 0.2) is 0 Å². The highest BCUT2D eigenvalue weighted by Gasteiger charge is 2.31. The first-order valence-corrected chi connectivity index (χ1v) is 7.21. The van der Waals surface area contributed by atoms with Gasteiger partial charge in [-0.2, -0.15) is 0 Å². The highest BCUT2D eigenvalue weighted by atomic mass is 16.2. The summed E-state index contributed by atoms with van der Waals surface area (Å²) in [5.41, 5.74) is 5.86. The van der Waals surface area contributed by atoms with Crippen LogP contribution in [0.1, 0.15) is 40.5 Å². The van der Waals surface area contributed by atoms with Gasteiger partial charge in [0, 0.05) is 25.2 Å². The van der Waals surface area contributed by atoms with E-state index in [1.54, 1.807) is 0 Å². The van der Waals surface area contributed by atoms with Crippen LogP contribution < -0.4 is 11.1 Å². The monoisotopic (exact) mass is 255 g/mol. The molecule has 0 aromatic rings. The summed E-state index contributed by atoms with van der Waals surface area (Å²) >= 11 is 0. The zero-order chi connectivity index (χ0) is 13.7. The van der Waals surface area contributed by atoms with Crippen molar-refractivity contribution in [2.75, 3.05) is 19.6 Å². The lowest BCUT2D eigenvalue weighted by molar-refractivity contribution is -0.124. The Balaban J connectivity index is 2.54. The van der Waals surface area contributed by atoms with Gasteiger partial charge in [0.1, 0.15) is 0 Å². The largest absolute Gasteiger partial charge is 0.353 e. The lowest BCUT2D eigenvalue weighted by Crippen LogP contribution is -2.54. The molecule has 0 radical (unpaired) electrons. The van der Waals surface area contributed by atoms with Gasteiger partial charge in [0.25, 0.3) is 0 Å². The number of nitrogens with two attached hydrogens (primary N) is 1. The third-order valence-corrected chi connectivity index (χ3v) is 4.05. The van der Waals surface area contributed by atoms with E-state index in [9.17, 15) is 4.79 Å². The number of likely N-dealkylation sites (tertiary alicyclic amines) is 1. The van der Waals surface area contributed by atoms with Crippen molar-refractivity contribution in [1.82, 2.24) is 10.2 Å². The first kappa shape index (κ1) is 15.4. The Hall–Kier alpha value is -0.610. The molecular formula is C14H29N3O. The van der Waals surface area contributed by atoms with Gasteiger partial charge in [-0.05, 0) is 31.6 Å². The number of rotatable bonds is 5. The predicted octanol–water partition coefficient (Wildman–Crippen LogP) is 1.21. The minimum absolute atomic E-state index is 0.129. The summed E-state index contributed by atoms with van der Waals surface area (Å²) in [6.07, 6.45) is 2.18. The van der Waals surface area contributed by atoms with E-state index in [0.717, 1.165) is 13.0 Å². The molecule has 18 heavy (non-hydrogen) atoms. The van der Waals surface area contributed by atoms with Crippen LogP contribution in [0.5, 0.6) is 0 Å². The summed E-state index contributed by atoms with van der Waals surface area (Å²) in [6.45, 7) is 10.7. The predicted molar refractivity (Wildman–Crippen MR) is 75.3 cm³/mol. The van der Waals surface area contributed by atoms with Gasteiger partial charge in [-0.25, -0.2) is 0 Å². The molecule has 4 heteroatoms. The summed E-state index contributed by atoms with van der Waals surface area (Å²) < 4.78 is 0. The molecule has 1 aliphatic heterocycles. The molecule has 1 fully saturated rings. The average molecular weight is 255 g/mol. The molecule has 0 aromatic carbocycles. The van der Waals surface area contributed by atoms with Crippen molar-refractivity contribution in [3.05, 3.63) is 0 Å². The number of hydrogen-bond acceptors (Lipinski definition) is 3. The quantitative estimate of drug-likeness (QED) is 0.776. The molecule has 1 saturated heterocycles. The van der Waals surface area contributed by atoms with Crippen molar-refractivity contribution in [2.45, 2.75) is 52.6 Å². The van der Waals surface area contributed by atoms with E-state index in [2.05, 4.69) is 31.0 Å². The molecule has 0 bridgehead atoms. The van der Waals surface area contributed by atoms with Crippen molar-refractivity contribution in [3.8, 4) is 0 Å². The van der Waals surface area contributed by atoms with Crippen LogP contribution in [0, 0.1) is 11.8 Å². The Kier molecular flexibility index (Phi) is 6.09. The molecule has 1 amide bonds. The molecule has 106 valence electrons. The Morgan fingerprint density at radius 2 is 2.17 bits per heavy atom. The van der Waals surface area contributed by atoms with E-state index in [0.29, 0.717) is 31.0 Å². The van der Waals surface area contributed by atoms with Crippen molar-refractivity contribution in [1.29, 1.82) is 0 Å². The van der Waals surface area contributed by atoms with Crippen molar-refractivity contribution in [2.24, 2.45) is 17.6 Å². The molecule has 1 rings (SSSR count). The first-order chi connectivity index (χ1) is 8.47. The van der Waals surface area contributed by atoms with Gasteiger partial charge in [0.2, 0.25) is 5.91 Å². The standard InChI is InChI=1S/C14H29N3O/c1-5-12(4)16-14(18)9-17-8-10(2)6-11(3)13(17)7-15/h10-13H,5-9,15H2,1-4H3,(H,16,18). The molecule has 3 N–H and O–H groups in total. The van der Waals surface area contributed by atoms with E-state index in [4.69, 9.17) is 5.73 Å². The number of hydrogen-bond donors (Lipinski definition) is 2. The number of nitrogens with zero attached hydrogens (tertiary/aromatic N) is 1. The molecule has 0 aliphatic carbocycles. The van der Waals surface area contributed by atoms with E-state index in [1.807, 2.05) is 6.92 Å². The van der Waals surface area contributed by atoms with Gasteiger partial charge in [-0.3, -0.25) is 9.69 Å². The van der Waals surface area contributed by atoms with Crippen LogP contribution >= 0.6 is 0 Å². The SMILES string of the molecule is CCC(C)NC(=O)CN1CC(C)CC(C)C1CN. The Morgan fingerprint density at radius 3 is 2.72 bits per heavy atom. The van der Waals surface area contributed by atoms with Crippen LogP contribution in [0.2, 0.25) is 0 Å². The molecule has 0 spiro atoms. The number of piperidine rings is 1. The Bertz CT molecular complexity index is 270. The topological polar surface area (TPSA) is 58.4 Å². The molecule has 0 aromatic heterocycles. The third kappa shape index (κ3) is 4.25. The van der Waals surface area contributed by atoms with Gasteiger partial charge in [-0.15, -0.1) is 0 Å². The van der Waals surface area contributed by atoms with Crippen molar-refractivity contribution < 1.29 is 4.79 Å². The zero-order valence-electron chi connectivity index (χ0n) is 12.3. The summed E-state index contributed by atoms with van der Waals surface area (Å²) in [6, 6.07) is 0.609. The van der Waals surface area contributed by atoms with Crippen LogP contribution in [0.25, 0.3) is 0 Å². The lowest BCUT2D eigenvalue weighted by Gasteiger charge is -2.42. The van der Waals surface area contributed by atoms with Crippen molar-refractivity contribution >= 4 is 5.91 Å². The maximum absolute atomic E-state index is 12.0. The van der Waals surface area contributed by atoms with Crippen LogP contribution in [0.3, 0.4) is 0 Å². The van der Waals surface area contributed by atoms with Gasteiger partial charge < -0.3 is 11.1 Å². The zero-order valence-corrected chi connectivity index (χ0v) is 12.3. The Labute approximate surface area is 111 Å². The minimum Gasteiger partial charge on any atom is -0.353 e. The minimum atomic E-state index is 0.129. The van der Waals surface area contributed by atoms with Crippen LogP contribution in [0.15, 0.2) is 0 Å². The molecule has 4 unspecified atom stereocenters. The fourth-order valence-corrected chi connectivity index (χ4v) is 2.93. The highest BCUT2D eigenvalue weighted by Crippen LogP contribution is 2.26. The summed E-state index contributed by atoms with van der Waals surface area (Å²) in [7, 11) is 0. The number of nitrogens with one attached hydrogen (secondary N) is 1. The highest BCUT2D eigenvalue weighted by molar-refractivity contribution is 5.78. The number of amides is 1. The second kappa shape index (κ2) is 7.10. The van der Waals surface area contributed by atoms with Gasteiger partial charge in [0.05, 0.1) is 6.54 Å². The van der Waals surface area contributed by atoms with E-state index in [1.165, 1.54) is 6.42 Å². The maximum atomic E-state index is 12.0. The third-order valence-electron chi connectivity index (χ3n) is 4.05. The fraction of sp³-hybridized carbons (Fsp3) is 0.929. The van der Waals surface area contributed by atoms with Crippen molar-refractivity contribution in [3.63, 3.8) is 0 Å². The van der Waals surface area contributed by atoms with Gasteiger partial charge in [-0.1, -0.05) is 20.8 Å². The van der Waals surface area contributed by atoms with Crippen LogP contribution in [-0.4, -0.2) is 42.5 Å². The maximum Gasteiger partial charge on any atom is 0.234 e. The summed E-state index contributed by atoms with van der Waals surface area (Å²) in [5, 5.41) is 3.03. The van der Waals surface area contributed by atoms with E-state index in [-0.39, 0.29) is 11.9 Å². The van der Waals surface area contributed by atoms with Crippen LogP contribution in [0.4, 0.5) is 0 Å². The normalized spacial score (nSPS) is 31.1. The molecular weight excluding hydrogens is 226 g/mol. The molecule has 1 heterocycles. The van der Waals surface area contributed by atoms with Gasteiger partial charge >= 0.3 is 0 Å². The Morgan fingerprint density at radius 1 is 1.50 bits per heavy atom. The first-order valence-electron chi connectivity index (χ1n) is 7.21. The average Bonchev–Trinajstić information content (AvgIpc) is 2.28. The fourth-order valence-electron chi connectivity index (χ4n) is 2.93. The second-order valence-corrected chi connectivity index (χ2v) is 5.93. The number of carbonyl (C=O) groups excluding carboxylic acids is 1. The number of carbonyl (C=O) groups is 1. The molecule has 0 saturated carbocycles. The molecule has 4 atom stereocenters. The summed E-state index contributed by atoms with van der Waals surface area (Å²) in [5.74, 6) is 1.36. The second-order valence-electron chi connectivity index (χ2n) is 5.93. The smallest absolute Gasteiger partial charge is 0.234 e. The summed E-state index contributed by atoms with van der Waals surface area (Å²) in [4.78, 5) is 14.2. The van der Waals surface area contributed by atoms with E-state index < -0.39 is 0 Å². The molecule has 1 aliphatic rings. The molecule has 4 nitrogen and oxygen atoms in total. The van der Waals surface area contributed by atoms with Crippen LogP contribution in [-0.2, 0) is 4.79 Å². The van der Waals surface area contributed by atoms with E-state index >= 15 is 0 Å². The lowest BCUT2D eigenvalue weighted by atomic mass is 9.85.